The van der Waals surface area contributed by atoms with Crippen LogP contribution in [0.2, 0.25) is 0 Å². The lowest BCUT2D eigenvalue weighted by molar-refractivity contribution is -0.161. The molecule has 0 heterocycles. The van der Waals surface area contributed by atoms with Gasteiger partial charge in [0.25, 0.3) is 0 Å². The topological polar surface area (TPSA) is 72.8 Å². The van der Waals surface area contributed by atoms with Crippen molar-refractivity contribution in [2.75, 3.05) is 13.2 Å². The molecule has 0 bridgehead atoms. The maximum Gasteiger partial charge on any atom is 0.306 e. The maximum atomic E-state index is 12.0. The SMILES string of the molecule is CC/C=C/C/C=C/C/C=C/C/C=C/CCCCC(=O)O[C@@H](CO)COC(=O)CCCCCCCCCCC. The van der Waals surface area contributed by atoms with E-state index in [4.69, 9.17) is 9.47 Å². The Morgan fingerprint density at radius 3 is 1.71 bits per heavy atom. The molecule has 0 aliphatic rings. The van der Waals surface area contributed by atoms with E-state index in [1.807, 2.05) is 0 Å². The van der Waals surface area contributed by atoms with Crippen LogP contribution in [0.4, 0.5) is 0 Å². The van der Waals surface area contributed by atoms with E-state index >= 15 is 0 Å². The normalized spacial score (nSPS) is 12.8. The van der Waals surface area contributed by atoms with Crippen molar-refractivity contribution < 1.29 is 24.2 Å². The first kappa shape index (κ1) is 35.9. The molecule has 5 heteroatoms. The van der Waals surface area contributed by atoms with Crippen molar-refractivity contribution in [2.45, 2.75) is 136 Å². The predicted molar refractivity (Wildman–Crippen MR) is 159 cm³/mol. The van der Waals surface area contributed by atoms with Crippen molar-refractivity contribution in [3.63, 3.8) is 0 Å². The Bertz CT molecular complexity index is 662. The summed E-state index contributed by atoms with van der Waals surface area (Å²) < 4.78 is 10.5. The maximum absolute atomic E-state index is 12.0. The molecular weight excluding hydrogens is 476 g/mol. The fourth-order valence-electron chi connectivity index (χ4n) is 3.84. The van der Waals surface area contributed by atoms with Crippen LogP contribution >= 0.6 is 0 Å². The van der Waals surface area contributed by atoms with Crippen LogP contribution in [-0.4, -0.2) is 36.4 Å². The summed E-state index contributed by atoms with van der Waals surface area (Å²) in [4.78, 5) is 24.0. The summed E-state index contributed by atoms with van der Waals surface area (Å²) in [6.45, 7) is 3.93. The number of unbranched alkanes of at least 4 members (excludes halogenated alkanes) is 10. The van der Waals surface area contributed by atoms with E-state index in [0.29, 0.717) is 12.8 Å². The van der Waals surface area contributed by atoms with E-state index in [1.165, 1.54) is 38.5 Å². The van der Waals surface area contributed by atoms with E-state index < -0.39 is 6.10 Å². The minimum Gasteiger partial charge on any atom is -0.462 e. The summed E-state index contributed by atoms with van der Waals surface area (Å²) in [5.41, 5.74) is 0. The van der Waals surface area contributed by atoms with Crippen molar-refractivity contribution in [3.8, 4) is 0 Å². The zero-order valence-electron chi connectivity index (χ0n) is 24.4. The van der Waals surface area contributed by atoms with E-state index in [9.17, 15) is 14.7 Å². The lowest BCUT2D eigenvalue weighted by Crippen LogP contribution is -2.28. The zero-order chi connectivity index (χ0) is 27.9. The van der Waals surface area contributed by atoms with Crippen LogP contribution in [0.15, 0.2) is 48.6 Å². The Labute approximate surface area is 233 Å². The number of allylic oxidation sites excluding steroid dienone is 8. The average Bonchev–Trinajstić information content (AvgIpc) is 2.92. The largest absolute Gasteiger partial charge is 0.462 e. The van der Waals surface area contributed by atoms with Gasteiger partial charge in [0.2, 0.25) is 0 Å². The van der Waals surface area contributed by atoms with Gasteiger partial charge >= 0.3 is 11.9 Å². The molecule has 0 aromatic rings. The van der Waals surface area contributed by atoms with Gasteiger partial charge in [0.1, 0.15) is 6.61 Å². The van der Waals surface area contributed by atoms with Gasteiger partial charge in [-0.15, -0.1) is 0 Å². The molecule has 0 aliphatic heterocycles. The molecule has 0 saturated heterocycles. The third kappa shape index (κ3) is 26.9. The number of aliphatic hydroxyl groups excluding tert-OH is 1. The third-order valence-electron chi connectivity index (χ3n) is 6.14. The van der Waals surface area contributed by atoms with E-state index in [2.05, 4.69) is 62.5 Å². The molecule has 0 radical (unpaired) electrons. The van der Waals surface area contributed by atoms with Crippen LogP contribution in [0.1, 0.15) is 129 Å². The van der Waals surface area contributed by atoms with Gasteiger partial charge in [0.05, 0.1) is 6.61 Å². The summed E-state index contributed by atoms with van der Waals surface area (Å²) >= 11 is 0. The molecule has 0 aromatic heterocycles. The zero-order valence-corrected chi connectivity index (χ0v) is 24.4. The standard InChI is InChI=1S/C33H56O5/c1-3-5-7-9-11-13-14-15-16-17-18-20-22-24-26-28-33(36)38-31(29-34)30-37-32(35)27-25-23-21-19-12-10-8-6-4-2/h5,7,11,13,15-16,18,20,31,34H,3-4,6,8-10,12,14,17,19,21-30H2,1-2H3/b7-5+,13-11+,16-15+,20-18+/t31-/m0/s1. The van der Waals surface area contributed by atoms with Crippen molar-refractivity contribution in [1.82, 2.24) is 0 Å². The molecule has 0 rings (SSSR count). The second-order valence-electron chi connectivity index (χ2n) is 9.80. The highest BCUT2D eigenvalue weighted by molar-refractivity contribution is 5.70. The van der Waals surface area contributed by atoms with Gasteiger partial charge in [-0.1, -0.05) is 114 Å². The van der Waals surface area contributed by atoms with Crippen molar-refractivity contribution in [2.24, 2.45) is 0 Å². The Balaban J connectivity index is 3.72. The number of carbonyl (C=O) groups excluding carboxylic acids is 2. The fourth-order valence-corrected chi connectivity index (χ4v) is 3.84. The summed E-state index contributed by atoms with van der Waals surface area (Å²) in [5, 5.41) is 9.45. The highest BCUT2D eigenvalue weighted by atomic mass is 16.6. The van der Waals surface area contributed by atoms with E-state index in [1.54, 1.807) is 0 Å². The van der Waals surface area contributed by atoms with Crippen LogP contribution in [-0.2, 0) is 19.1 Å². The van der Waals surface area contributed by atoms with Gasteiger partial charge in [-0.25, -0.2) is 0 Å². The molecule has 0 saturated carbocycles. The lowest BCUT2D eigenvalue weighted by atomic mass is 10.1. The highest BCUT2D eigenvalue weighted by Gasteiger charge is 2.15. The fraction of sp³-hybridized carbons (Fsp3) is 0.697. The molecule has 0 aromatic carbocycles. The number of carbonyl (C=O) groups is 2. The summed E-state index contributed by atoms with van der Waals surface area (Å²) in [5.74, 6) is -0.649. The molecule has 5 nitrogen and oxygen atoms in total. The van der Waals surface area contributed by atoms with E-state index in [0.717, 1.165) is 64.2 Å². The number of rotatable bonds is 26. The van der Waals surface area contributed by atoms with Crippen LogP contribution < -0.4 is 0 Å². The summed E-state index contributed by atoms with van der Waals surface area (Å²) in [7, 11) is 0. The Kier molecular flexibility index (Phi) is 27.8. The van der Waals surface area contributed by atoms with Crippen molar-refractivity contribution in [1.29, 1.82) is 0 Å². The molecule has 1 N–H and O–H groups in total. The van der Waals surface area contributed by atoms with Gasteiger partial charge in [0.15, 0.2) is 6.10 Å². The van der Waals surface area contributed by atoms with Crippen LogP contribution in [0.3, 0.4) is 0 Å². The Morgan fingerprint density at radius 1 is 0.632 bits per heavy atom. The lowest BCUT2D eigenvalue weighted by Gasteiger charge is -2.15. The molecule has 218 valence electrons. The predicted octanol–water partition coefficient (Wildman–Crippen LogP) is 8.72. The van der Waals surface area contributed by atoms with Crippen LogP contribution in [0.5, 0.6) is 0 Å². The first-order valence-electron chi connectivity index (χ1n) is 15.2. The highest BCUT2D eigenvalue weighted by Crippen LogP contribution is 2.11. The van der Waals surface area contributed by atoms with Gasteiger partial charge in [-0.3, -0.25) is 9.59 Å². The Morgan fingerprint density at radius 2 is 1.13 bits per heavy atom. The number of ether oxygens (including phenoxy) is 2. The minimum atomic E-state index is -0.788. The monoisotopic (exact) mass is 532 g/mol. The summed E-state index contributed by atoms with van der Waals surface area (Å²) in [6, 6.07) is 0. The first-order chi connectivity index (χ1) is 18.6. The van der Waals surface area contributed by atoms with Gasteiger partial charge in [0, 0.05) is 12.8 Å². The van der Waals surface area contributed by atoms with E-state index in [-0.39, 0.29) is 25.2 Å². The number of aliphatic hydroxyl groups is 1. The third-order valence-corrected chi connectivity index (χ3v) is 6.14. The molecule has 0 aliphatic carbocycles. The molecule has 0 amide bonds. The Hall–Kier alpha value is -2.14. The first-order valence-corrected chi connectivity index (χ1v) is 15.2. The van der Waals surface area contributed by atoms with Gasteiger partial charge < -0.3 is 14.6 Å². The molecule has 0 spiro atoms. The summed E-state index contributed by atoms with van der Waals surface area (Å²) in [6.07, 6.45) is 34.5. The smallest absolute Gasteiger partial charge is 0.306 e. The molecular formula is C33H56O5. The quantitative estimate of drug-likeness (QED) is 0.0685. The van der Waals surface area contributed by atoms with Crippen LogP contribution in [0.25, 0.3) is 0 Å². The molecule has 38 heavy (non-hydrogen) atoms. The van der Waals surface area contributed by atoms with Gasteiger partial charge in [-0.2, -0.15) is 0 Å². The van der Waals surface area contributed by atoms with Crippen LogP contribution in [0, 0.1) is 0 Å². The minimum absolute atomic E-state index is 0.0829. The van der Waals surface area contributed by atoms with Crippen molar-refractivity contribution >= 4 is 11.9 Å². The number of hydrogen-bond donors (Lipinski definition) is 1. The van der Waals surface area contributed by atoms with Gasteiger partial charge in [-0.05, 0) is 51.4 Å². The molecule has 1 atom stereocenters. The van der Waals surface area contributed by atoms with Crippen molar-refractivity contribution in [3.05, 3.63) is 48.6 Å². The molecule has 0 unspecified atom stereocenters. The second kappa shape index (κ2) is 29.4. The molecule has 0 fully saturated rings. The second-order valence-corrected chi connectivity index (χ2v) is 9.80. The average molecular weight is 533 g/mol. The number of esters is 2. The number of hydrogen-bond acceptors (Lipinski definition) is 5.